The molecule has 0 radical (unpaired) electrons. The number of hydrogen-bond donors (Lipinski definition) is 1. The second-order valence-electron chi connectivity index (χ2n) is 4.67. The van der Waals surface area contributed by atoms with Crippen molar-refractivity contribution in [1.29, 1.82) is 0 Å². The van der Waals surface area contributed by atoms with Crippen molar-refractivity contribution < 1.29 is 13.2 Å². The van der Waals surface area contributed by atoms with Crippen molar-refractivity contribution >= 4 is 11.3 Å². The number of imidazole rings is 1. The molecular formula is C15H12F3N3. The van der Waals surface area contributed by atoms with Crippen LogP contribution in [0.25, 0.3) is 5.65 Å². The number of rotatable bonds is 3. The van der Waals surface area contributed by atoms with Crippen molar-refractivity contribution in [3.05, 3.63) is 65.4 Å². The number of nitrogens with zero attached hydrogens (tertiary/aromatic N) is 2. The molecular weight excluding hydrogens is 279 g/mol. The van der Waals surface area contributed by atoms with E-state index in [1.165, 1.54) is 0 Å². The highest BCUT2D eigenvalue weighted by molar-refractivity contribution is 5.48. The van der Waals surface area contributed by atoms with E-state index in [2.05, 4.69) is 10.3 Å². The quantitative estimate of drug-likeness (QED) is 0.746. The summed E-state index contributed by atoms with van der Waals surface area (Å²) < 4.78 is 41.5. The number of pyridine rings is 1. The Labute approximate surface area is 119 Å². The molecule has 0 aliphatic rings. The minimum absolute atomic E-state index is 0.0841. The standard InChI is InChI=1S/C15H12F3N3/c1-9-14(21-5-3-2-4-15(21)20-9)8-19-13-7-11(17)10(16)6-12(13)18/h2-7,19H,8H2,1H3. The van der Waals surface area contributed by atoms with E-state index in [-0.39, 0.29) is 12.2 Å². The molecule has 0 amide bonds. The first-order chi connectivity index (χ1) is 10.1. The maximum absolute atomic E-state index is 13.6. The fourth-order valence-electron chi connectivity index (χ4n) is 2.21. The summed E-state index contributed by atoms with van der Waals surface area (Å²) >= 11 is 0. The fraction of sp³-hybridized carbons (Fsp3) is 0.133. The van der Waals surface area contributed by atoms with E-state index >= 15 is 0 Å². The van der Waals surface area contributed by atoms with Gasteiger partial charge in [-0.25, -0.2) is 18.2 Å². The number of halogens is 3. The molecule has 0 fully saturated rings. The zero-order valence-electron chi connectivity index (χ0n) is 11.2. The number of benzene rings is 1. The first-order valence-corrected chi connectivity index (χ1v) is 6.37. The Morgan fingerprint density at radius 3 is 2.67 bits per heavy atom. The van der Waals surface area contributed by atoms with Crippen LogP contribution in [0.2, 0.25) is 0 Å². The van der Waals surface area contributed by atoms with E-state index in [0.29, 0.717) is 6.07 Å². The maximum atomic E-state index is 13.6. The van der Waals surface area contributed by atoms with E-state index in [0.717, 1.165) is 23.1 Å². The van der Waals surface area contributed by atoms with Crippen LogP contribution in [0.1, 0.15) is 11.4 Å². The van der Waals surface area contributed by atoms with Crippen LogP contribution in [0.4, 0.5) is 18.9 Å². The molecule has 108 valence electrons. The summed E-state index contributed by atoms with van der Waals surface area (Å²) in [6, 6.07) is 6.92. The average Bonchev–Trinajstić information content (AvgIpc) is 2.77. The Kier molecular flexibility index (Phi) is 3.29. The largest absolute Gasteiger partial charge is 0.377 e. The lowest BCUT2D eigenvalue weighted by molar-refractivity contribution is 0.496. The summed E-state index contributed by atoms with van der Waals surface area (Å²) in [5, 5.41) is 2.77. The minimum Gasteiger partial charge on any atom is -0.377 e. The van der Waals surface area contributed by atoms with Gasteiger partial charge >= 0.3 is 0 Å². The zero-order valence-corrected chi connectivity index (χ0v) is 11.2. The molecule has 0 unspecified atom stereocenters. The highest BCUT2D eigenvalue weighted by atomic mass is 19.2. The predicted molar refractivity (Wildman–Crippen MR) is 73.6 cm³/mol. The van der Waals surface area contributed by atoms with Gasteiger partial charge in [0.15, 0.2) is 11.6 Å². The molecule has 2 aromatic heterocycles. The van der Waals surface area contributed by atoms with Gasteiger partial charge in [0, 0.05) is 18.3 Å². The third-order valence-electron chi connectivity index (χ3n) is 3.29. The lowest BCUT2D eigenvalue weighted by Crippen LogP contribution is -2.06. The first-order valence-electron chi connectivity index (χ1n) is 6.37. The van der Waals surface area contributed by atoms with Crippen LogP contribution in [0.3, 0.4) is 0 Å². The molecule has 3 aromatic rings. The number of aryl methyl sites for hydroxylation is 1. The normalized spacial score (nSPS) is 11.0. The molecule has 0 spiro atoms. The molecule has 0 aliphatic carbocycles. The third kappa shape index (κ3) is 2.44. The number of hydrogen-bond acceptors (Lipinski definition) is 2. The smallest absolute Gasteiger partial charge is 0.161 e. The second-order valence-corrected chi connectivity index (χ2v) is 4.67. The molecule has 0 aliphatic heterocycles. The second kappa shape index (κ2) is 5.12. The van der Waals surface area contributed by atoms with Gasteiger partial charge in [-0.1, -0.05) is 6.07 Å². The third-order valence-corrected chi connectivity index (χ3v) is 3.29. The fourth-order valence-corrected chi connectivity index (χ4v) is 2.21. The van der Waals surface area contributed by atoms with Gasteiger partial charge in [0.1, 0.15) is 11.5 Å². The predicted octanol–water partition coefficient (Wildman–Crippen LogP) is 3.67. The summed E-state index contributed by atoms with van der Waals surface area (Å²) in [6.07, 6.45) is 1.84. The van der Waals surface area contributed by atoms with Crippen molar-refractivity contribution in [2.45, 2.75) is 13.5 Å². The topological polar surface area (TPSA) is 29.3 Å². The highest BCUT2D eigenvalue weighted by Gasteiger charge is 2.12. The Bertz CT molecular complexity index is 811. The van der Waals surface area contributed by atoms with Gasteiger partial charge in [-0.05, 0) is 19.1 Å². The Morgan fingerprint density at radius 2 is 1.86 bits per heavy atom. The van der Waals surface area contributed by atoms with Crippen LogP contribution in [-0.2, 0) is 6.54 Å². The van der Waals surface area contributed by atoms with Crippen LogP contribution in [0, 0.1) is 24.4 Å². The average molecular weight is 291 g/mol. The van der Waals surface area contributed by atoms with Gasteiger partial charge < -0.3 is 9.72 Å². The van der Waals surface area contributed by atoms with Crippen molar-refractivity contribution in [3.8, 4) is 0 Å². The Hall–Kier alpha value is -2.50. The lowest BCUT2D eigenvalue weighted by Gasteiger charge is -2.09. The Balaban J connectivity index is 1.90. The van der Waals surface area contributed by atoms with Crippen LogP contribution in [-0.4, -0.2) is 9.38 Å². The monoisotopic (exact) mass is 291 g/mol. The van der Waals surface area contributed by atoms with Crippen molar-refractivity contribution in [2.24, 2.45) is 0 Å². The molecule has 1 N–H and O–H groups in total. The van der Waals surface area contributed by atoms with Gasteiger partial charge in [-0.15, -0.1) is 0 Å². The van der Waals surface area contributed by atoms with Crippen molar-refractivity contribution in [3.63, 3.8) is 0 Å². The molecule has 0 saturated carbocycles. The maximum Gasteiger partial charge on any atom is 0.161 e. The molecule has 0 atom stereocenters. The number of anilines is 1. The molecule has 6 heteroatoms. The molecule has 3 nitrogen and oxygen atoms in total. The van der Waals surface area contributed by atoms with E-state index in [4.69, 9.17) is 0 Å². The van der Waals surface area contributed by atoms with E-state index < -0.39 is 17.5 Å². The number of fused-ring (bicyclic) bond motifs is 1. The first kappa shape index (κ1) is 13.5. The molecule has 0 bridgehead atoms. The van der Waals surface area contributed by atoms with Gasteiger partial charge in [0.25, 0.3) is 0 Å². The summed E-state index contributed by atoms with van der Waals surface area (Å²) in [7, 11) is 0. The van der Waals surface area contributed by atoms with Gasteiger partial charge in [0.2, 0.25) is 0 Å². The summed E-state index contributed by atoms with van der Waals surface area (Å²) in [5.41, 5.74) is 2.31. The molecule has 3 rings (SSSR count). The SMILES string of the molecule is Cc1nc2ccccn2c1CNc1cc(F)c(F)cc1F. The summed E-state index contributed by atoms with van der Waals surface area (Å²) in [5.74, 6) is -3.13. The number of nitrogens with one attached hydrogen (secondary N) is 1. The van der Waals surface area contributed by atoms with Gasteiger partial charge in [-0.3, -0.25) is 0 Å². The van der Waals surface area contributed by atoms with Crippen molar-refractivity contribution in [1.82, 2.24) is 9.38 Å². The van der Waals surface area contributed by atoms with Crippen molar-refractivity contribution in [2.75, 3.05) is 5.32 Å². The number of aromatic nitrogens is 2. The zero-order chi connectivity index (χ0) is 15.0. The molecule has 0 saturated heterocycles. The van der Waals surface area contributed by atoms with Crippen LogP contribution in [0.5, 0.6) is 0 Å². The van der Waals surface area contributed by atoms with E-state index in [1.807, 2.05) is 35.7 Å². The summed E-state index contributed by atoms with van der Waals surface area (Å²) in [4.78, 5) is 4.37. The molecule has 21 heavy (non-hydrogen) atoms. The molecule has 1 aromatic carbocycles. The van der Waals surface area contributed by atoms with E-state index in [9.17, 15) is 13.2 Å². The van der Waals surface area contributed by atoms with Gasteiger partial charge in [-0.2, -0.15) is 0 Å². The lowest BCUT2D eigenvalue weighted by atomic mass is 10.2. The summed E-state index contributed by atoms with van der Waals surface area (Å²) in [6.45, 7) is 2.09. The highest BCUT2D eigenvalue weighted by Crippen LogP contribution is 2.20. The van der Waals surface area contributed by atoms with Gasteiger partial charge in [0.05, 0.1) is 23.6 Å². The van der Waals surface area contributed by atoms with Crippen LogP contribution >= 0.6 is 0 Å². The Morgan fingerprint density at radius 1 is 1.10 bits per heavy atom. The molecule has 2 heterocycles. The van der Waals surface area contributed by atoms with Crippen LogP contribution in [0.15, 0.2) is 36.5 Å². The van der Waals surface area contributed by atoms with Crippen LogP contribution < -0.4 is 5.32 Å². The van der Waals surface area contributed by atoms with E-state index in [1.54, 1.807) is 0 Å². The minimum atomic E-state index is -1.20.